The number of nitro groups is 1. The zero-order valence-corrected chi connectivity index (χ0v) is 10.6. The molecular formula is C12H12N2O6. The largest absolute Gasteiger partial charge is 0.490 e. The molecule has 0 bridgehead atoms. The summed E-state index contributed by atoms with van der Waals surface area (Å²) >= 11 is 0. The average molecular weight is 280 g/mol. The summed E-state index contributed by atoms with van der Waals surface area (Å²) in [4.78, 5) is 34.4. The molecule has 20 heavy (non-hydrogen) atoms. The summed E-state index contributed by atoms with van der Waals surface area (Å²) in [6.45, 7) is 0.222. The Bertz CT molecular complexity index is 585. The van der Waals surface area contributed by atoms with Crippen LogP contribution >= 0.6 is 0 Å². The van der Waals surface area contributed by atoms with E-state index >= 15 is 0 Å². The van der Waals surface area contributed by atoms with Gasteiger partial charge in [-0.05, 0) is 18.6 Å². The van der Waals surface area contributed by atoms with Crippen molar-refractivity contribution in [2.75, 3.05) is 18.6 Å². The standard InChI is InChI=1S/C12H12N2O6/c1-20-10-3-2-7(6-9(10)14(18)19)13-5-4-8(11(13)15)12(16)17/h2-3,6,8H,4-5H2,1H3,(H,16,17). The smallest absolute Gasteiger partial charge is 0.316 e. The van der Waals surface area contributed by atoms with Gasteiger partial charge >= 0.3 is 11.7 Å². The van der Waals surface area contributed by atoms with Gasteiger partial charge in [-0.15, -0.1) is 0 Å². The molecule has 8 heteroatoms. The van der Waals surface area contributed by atoms with Gasteiger partial charge in [-0.1, -0.05) is 0 Å². The molecule has 0 radical (unpaired) electrons. The van der Waals surface area contributed by atoms with E-state index in [4.69, 9.17) is 9.84 Å². The number of anilines is 1. The number of aliphatic carboxylic acids is 1. The first-order valence-corrected chi connectivity index (χ1v) is 5.82. The van der Waals surface area contributed by atoms with Crippen LogP contribution in [0.15, 0.2) is 18.2 Å². The van der Waals surface area contributed by atoms with Gasteiger partial charge in [0, 0.05) is 12.6 Å². The number of hydrogen-bond acceptors (Lipinski definition) is 5. The monoisotopic (exact) mass is 280 g/mol. The Morgan fingerprint density at radius 3 is 2.75 bits per heavy atom. The van der Waals surface area contributed by atoms with Crippen molar-refractivity contribution >= 4 is 23.3 Å². The van der Waals surface area contributed by atoms with Gasteiger partial charge in [-0.25, -0.2) is 0 Å². The van der Waals surface area contributed by atoms with Crippen LogP contribution in [0.2, 0.25) is 0 Å². The second-order valence-electron chi connectivity index (χ2n) is 4.28. The highest BCUT2D eigenvalue weighted by molar-refractivity contribution is 6.07. The summed E-state index contributed by atoms with van der Waals surface area (Å²) in [6.07, 6.45) is 0.188. The highest BCUT2D eigenvalue weighted by Crippen LogP contribution is 2.33. The summed E-state index contributed by atoms with van der Waals surface area (Å²) in [5.41, 5.74) is 0.0304. The normalized spacial score (nSPS) is 18.1. The molecule has 1 aliphatic heterocycles. The molecule has 1 amide bonds. The lowest BCUT2D eigenvalue weighted by Gasteiger charge is -2.16. The van der Waals surface area contributed by atoms with E-state index in [1.807, 2.05) is 0 Å². The third-order valence-electron chi connectivity index (χ3n) is 3.17. The quantitative estimate of drug-likeness (QED) is 0.501. The number of carboxylic acids is 1. The molecule has 1 saturated heterocycles. The summed E-state index contributed by atoms with van der Waals surface area (Å²) < 4.78 is 4.87. The van der Waals surface area contributed by atoms with Crippen molar-refractivity contribution in [3.63, 3.8) is 0 Å². The molecule has 1 aromatic carbocycles. The van der Waals surface area contributed by atoms with E-state index in [1.165, 1.54) is 30.2 Å². The van der Waals surface area contributed by atoms with Crippen LogP contribution < -0.4 is 9.64 Å². The maximum Gasteiger partial charge on any atom is 0.316 e. The van der Waals surface area contributed by atoms with Crippen LogP contribution in [0, 0.1) is 16.0 Å². The zero-order chi connectivity index (χ0) is 14.9. The highest BCUT2D eigenvalue weighted by Gasteiger charge is 2.38. The molecule has 0 spiro atoms. The SMILES string of the molecule is COc1ccc(N2CCC(C(=O)O)C2=O)cc1[N+](=O)[O-]. The van der Waals surface area contributed by atoms with Gasteiger partial charge in [0.25, 0.3) is 0 Å². The Morgan fingerprint density at radius 2 is 2.25 bits per heavy atom. The molecule has 1 fully saturated rings. The maximum atomic E-state index is 11.9. The van der Waals surface area contributed by atoms with Gasteiger partial charge in [0.05, 0.1) is 17.7 Å². The molecule has 1 atom stereocenters. The molecule has 8 nitrogen and oxygen atoms in total. The molecule has 1 heterocycles. The number of benzene rings is 1. The molecule has 1 aromatic rings. The van der Waals surface area contributed by atoms with Crippen LogP contribution in [0.3, 0.4) is 0 Å². The molecule has 0 aromatic heterocycles. The summed E-state index contributed by atoms with van der Waals surface area (Å²) in [6, 6.07) is 4.09. The number of ether oxygens (including phenoxy) is 1. The molecular weight excluding hydrogens is 268 g/mol. The number of amides is 1. The van der Waals surface area contributed by atoms with Crippen LogP contribution in [-0.4, -0.2) is 35.6 Å². The van der Waals surface area contributed by atoms with Gasteiger partial charge in [-0.3, -0.25) is 19.7 Å². The third-order valence-corrected chi connectivity index (χ3v) is 3.17. The van der Waals surface area contributed by atoms with Crippen LogP contribution in [-0.2, 0) is 9.59 Å². The lowest BCUT2D eigenvalue weighted by atomic mass is 10.1. The lowest BCUT2D eigenvalue weighted by molar-refractivity contribution is -0.385. The van der Waals surface area contributed by atoms with E-state index in [0.717, 1.165) is 0 Å². The molecule has 0 aliphatic carbocycles. The van der Waals surface area contributed by atoms with Gasteiger partial charge in [0.2, 0.25) is 5.91 Å². The second-order valence-corrected chi connectivity index (χ2v) is 4.28. The fourth-order valence-corrected chi connectivity index (χ4v) is 2.15. The lowest BCUT2D eigenvalue weighted by Crippen LogP contribution is -2.30. The molecule has 0 saturated carbocycles. The highest BCUT2D eigenvalue weighted by atomic mass is 16.6. The minimum absolute atomic E-state index is 0.0835. The van der Waals surface area contributed by atoms with Crippen LogP contribution in [0.5, 0.6) is 5.75 Å². The number of carbonyl (C=O) groups is 2. The van der Waals surface area contributed by atoms with Crippen molar-refractivity contribution in [3.05, 3.63) is 28.3 Å². The summed E-state index contributed by atoms with van der Waals surface area (Å²) in [5, 5.41) is 19.8. The fourth-order valence-electron chi connectivity index (χ4n) is 2.15. The van der Waals surface area contributed by atoms with Crippen LogP contribution in [0.25, 0.3) is 0 Å². The summed E-state index contributed by atoms with van der Waals surface area (Å²) in [5.74, 6) is -2.74. The number of hydrogen-bond donors (Lipinski definition) is 1. The minimum atomic E-state index is -1.18. The molecule has 106 valence electrons. The maximum absolute atomic E-state index is 11.9. The van der Waals surface area contributed by atoms with Gasteiger partial charge in [0.15, 0.2) is 5.75 Å². The predicted molar refractivity (Wildman–Crippen MR) is 67.7 cm³/mol. The van der Waals surface area contributed by atoms with Crippen molar-refractivity contribution in [3.8, 4) is 5.75 Å². The first-order chi connectivity index (χ1) is 9.45. The Balaban J connectivity index is 2.35. The van der Waals surface area contributed by atoms with E-state index in [1.54, 1.807) is 0 Å². The van der Waals surface area contributed by atoms with Crippen LogP contribution in [0.1, 0.15) is 6.42 Å². The molecule has 1 N–H and O–H groups in total. The Kier molecular flexibility index (Phi) is 3.55. The Morgan fingerprint density at radius 1 is 1.55 bits per heavy atom. The Labute approximate surface area is 113 Å². The van der Waals surface area contributed by atoms with Gasteiger partial charge in [-0.2, -0.15) is 0 Å². The zero-order valence-electron chi connectivity index (χ0n) is 10.6. The van der Waals surface area contributed by atoms with E-state index < -0.39 is 22.7 Å². The second kappa shape index (κ2) is 5.16. The van der Waals surface area contributed by atoms with E-state index in [0.29, 0.717) is 5.69 Å². The van der Waals surface area contributed by atoms with Gasteiger partial charge in [0.1, 0.15) is 5.92 Å². The first kappa shape index (κ1) is 13.8. The first-order valence-electron chi connectivity index (χ1n) is 5.82. The number of nitro benzene ring substituents is 1. The third kappa shape index (κ3) is 2.27. The van der Waals surface area contributed by atoms with E-state index in [2.05, 4.69) is 0 Å². The van der Waals surface area contributed by atoms with Crippen molar-refractivity contribution in [1.29, 1.82) is 0 Å². The summed E-state index contributed by atoms with van der Waals surface area (Å²) in [7, 11) is 1.31. The van der Waals surface area contributed by atoms with Crippen molar-refractivity contribution < 1.29 is 24.4 Å². The van der Waals surface area contributed by atoms with Gasteiger partial charge < -0.3 is 14.7 Å². The van der Waals surface area contributed by atoms with E-state index in [9.17, 15) is 19.7 Å². The topological polar surface area (TPSA) is 110 Å². The number of nitrogens with zero attached hydrogens (tertiary/aromatic N) is 2. The number of carboxylic acid groups (broad SMARTS) is 1. The minimum Gasteiger partial charge on any atom is -0.490 e. The fraction of sp³-hybridized carbons (Fsp3) is 0.333. The van der Waals surface area contributed by atoms with E-state index in [-0.39, 0.29) is 24.4 Å². The van der Waals surface area contributed by atoms with Crippen molar-refractivity contribution in [2.45, 2.75) is 6.42 Å². The van der Waals surface area contributed by atoms with Crippen molar-refractivity contribution in [1.82, 2.24) is 0 Å². The van der Waals surface area contributed by atoms with Crippen LogP contribution in [0.4, 0.5) is 11.4 Å². The number of rotatable bonds is 4. The number of methoxy groups -OCH3 is 1. The van der Waals surface area contributed by atoms with Crippen molar-refractivity contribution in [2.24, 2.45) is 5.92 Å². The Hall–Kier alpha value is -2.64. The molecule has 1 unspecified atom stereocenters. The molecule has 1 aliphatic rings. The average Bonchev–Trinajstić information content (AvgIpc) is 2.79. The predicted octanol–water partition coefficient (Wildman–Crippen LogP) is 1.04. The number of carbonyl (C=O) groups excluding carboxylic acids is 1. The molecule has 2 rings (SSSR count).